The third-order valence-corrected chi connectivity index (χ3v) is 3.26. The lowest BCUT2D eigenvalue weighted by Crippen LogP contribution is -2.01. The maximum Gasteiger partial charge on any atom is 0.226 e. The van der Waals surface area contributed by atoms with Crippen LogP contribution in [0.1, 0.15) is 15.9 Å². The molecule has 0 aliphatic carbocycles. The fraction of sp³-hybridized carbons (Fsp3) is 0.0714. The molecule has 5 nitrogen and oxygen atoms in total. The van der Waals surface area contributed by atoms with E-state index in [0.717, 1.165) is 17.2 Å². The summed E-state index contributed by atoms with van der Waals surface area (Å²) < 4.78 is 1.94. The Kier molecular flexibility index (Phi) is 3.12. The molecule has 6 heteroatoms. The summed E-state index contributed by atoms with van der Waals surface area (Å²) in [5.41, 5.74) is 8.22. The second-order valence-corrected chi connectivity index (χ2v) is 4.76. The van der Waals surface area contributed by atoms with Crippen LogP contribution >= 0.6 is 11.6 Å². The van der Waals surface area contributed by atoms with Crippen LogP contribution in [0.3, 0.4) is 0 Å². The van der Waals surface area contributed by atoms with Crippen LogP contribution in [0.4, 0.5) is 5.82 Å². The number of anilines is 1. The molecule has 0 radical (unpaired) electrons. The van der Waals surface area contributed by atoms with Gasteiger partial charge in [0.2, 0.25) is 5.28 Å². The molecule has 2 heterocycles. The van der Waals surface area contributed by atoms with Crippen molar-refractivity contribution in [2.45, 2.75) is 6.54 Å². The molecule has 2 N–H and O–H groups in total. The van der Waals surface area contributed by atoms with Crippen LogP contribution in [0.25, 0.3) is 11.0 Å². The molecule has 2 aromatic heterocycles. The van der Waals surface area contributed by atoms with Gasteiger partial charge in [0.15, 0.2) is 0 Å². The van der Waals surface area contributed by atoms with Gasteiger partial charge in [0.1, 0.15) is 17.8 Å². The number of nitrogen functional groups attached to an aromatic ring is 1. The number of benzene rings is 1. The lowest BCUT2D eigenvalue weighted by Gasteiger charge is -2.06. The van der Waals surface area contributed by atoms with Gasteiger partial charge in [0.05, 0.1) is 5.39 Å². The summed E-state index contributed by atoms with van der Waals surface area (Å²) in [5, 5.41) is 0.908. The second kappa shape index (κ2) is 4.94. The highest BCUT2D eigenvalue weighted by atomic mass is 35.5. The van der Waals surface area contributed by atoms with E-state index in [1.165, 1.54) is 0 Å². The molecule has 0 fully saturated rings. The van der Waals surface area contributed by atoms with Crippen molar-refractivity contribution in [3.8, 4) is 0 Å². The SMILES string of the molecule is Nc1nc(Cl)nc2c1ccn2Cc1ccc(C=O)cc1. The Labute approximate surface area is 120 Å². The molecule has 0 unspecified atom stereocenters. The Morgan fingerprint density at radius 3 is 2.65 bits per heavy atom. The van der Waals surface area contributed by atoms with Gasteiger partial charge in [-0.2, -0.15) is 4.98 Å². The van der Waals surface area contributed by atoms with Crippen molar-refractivity contribution in [1.29, 1.82) is 0 Å². The quantitative estimate of drug-likeness (QED) is 0.593. The molecule has 20 heavy (non-hydrogen) atoms. The number of nitrogens with two attached hydrogens (primary N) is 1. The first-order valence-corrected chi connectivity index (χ1v) is 6.37. The Balaban J connectivity index is 1.99. The van der Waals surface area contributed by atoms with Crippen molar-refractivity contribution in [2.75, 3.05) is 5.73 Å². The standard InChI is InChI=1S/C14H11ClN4O/c15-14-17-12(16)11-5-6-19(13(11)18-14)7-9-1-3-10(8-20)4-2-9/h1-6,8H,7H2,(H2,16,17,18). The number of nitrogens with zero attached hydrogens (tertiary/aromatic N) is 3. The molecule has 3 rings (SSSR count). The number of carbonyl (C=O) groups excluding carboxylic acids is 1. The predicted octanol–water partition coefficient (Wildman–Crippen LogP) is 2.53. The van der Waals surface area contributed by atoms with Gasteiger partial charge in [-0.05, 0) is 23.2 Å². The molecule has 0 saturated carbocycles. The van der Waals surface area contributed by atoms with Gasteiger partial charge in [-0.15, -0.1) is 0 Å². The van der Waals surface area contributed by atoms with E-state index < -0.39 is 0 Å². The number of hydrogen-bond acceptors (Lipinski definition) is 4. The summed E-state index contributed by atoms with van der Waals surface area (Å²) in [6.45, 7) is 0.620. The highest BCUT2D eigenvalue weighted by molar-refractivity contribution is 6.28. The smallest absolute Gasteiger partial charge is 0.226 e. The number of aldehydes is 1. The van der Waals surface area contributed by atoms with Gasteiger partial charge in [0, 0.05) is 18.3 Å². The summed E-state index contributed by atoms with van der Waals surface area (Å²) in [7, 11) is 0. The lowest BCUT2D eigenvalue weighted by atomic mass is 10.1. The molecule has 3 aromatic rings. The summed E-state index contributed by atoms with van der Waals surface area (Å²) in [6.07, 6.45) is 2.71. The number of fused-ring (bicyclic) bond motifs is 1. The fourth-order valence-corrected chi connectivity index (χ4v) is 2.26. The van der Waals surface area contributed by atoms with Crippen molar-refractivity contribution in [3.63, 3.8) is 0 Å². The van der Waals surface area contributed by atoms with E-state index in [-0.39, 0.29) is 5.28 Å². The zero-order valence-corrected chi connectivity index (χ0v) is 11.2. The number of carbonyl (C=O) groups is 1. The van der Waals surface area contributed by atoms with Crippen LogP contribution in [-0.2, 0) is 6.54 Å². The maximum absolute atomic E-state index is 10.6. The minimum absolute atomic E-state index is 0.131. The van der Waals surface area contributed by atoms with Gasteiger partial charge in [0.25, 0.3) is 0 Å². The minimum Gasteiger partial charge on any atom is -0.383 e. The van der Waals surface area contributed by atoms with Gasteiger partial charge < -0.3 is 10.3 Å². The molecule has 0 aliphatic heterocycles. The molecular formula is C14H11ClN4O. The van der Waals surface area contributed by atoms with Crippen molar-refractivity contribution >= 4 is 34.7 Å². The summed E-state index contributed by atoms with van der Waals surface area (Å²) in [6, 6.07) is 9.24. The highest BCUT2D eigenvalue weighted by Crippen LogP contribution is 2.21. The molecule has 0 aliphatic rings. The van der Waals surface area contributed by atoms with E-state index >= 15 is 0 Å². The largest absolute Gasteiger partial charge is 0.383 e. The van der Waals surface area contributed by atoms with Crippen LogP contribution in [0.5, 0.6) is 0 Å². The molecule has 0 atom stereocenters. The van der Waals surface area contributed by atoms with Gasteiger partial charge in [-0.25, -0.2) is 4.98 Å². The first kappa shape index (κ1) is 12.6. The number of rotatable bonds is 3. The van der Waals surface area contributed by atoms with E-state index in [9.17, 15) is 4.79 Å². The van der Waals surface area contributed by atoms with E-state index in [1.807, 2.05) is 29.0 Å². The van der Waals surface area contributed by atoms with Crippen LogP contribution in [0.15, 0.2) is 36.5 Å². The Morgan fingerprint density at radius 2 is 1.95 bits per heavy atom. The average Bonchev–Trinajstić information content (AvgIpc) is 2.83. The molecule has 0 saturated heterocycles. The summed E-state index contributed by atoms with van der Waals surface area (Å²) >= 11 is 5.84. The molecule has 0 spiro atoms. The topological polar surface area (TPSA) is 73.8 Å². The van der Waals surface area contributed by atoms with Gasteiger partial charge in [-0.3, -0.25) is 4.79 Å². The highest BCUT2D eigenvalue weighted by Gasteiger charge is 2.09. The second-order valence-electron chi connectivity index (χ2n) is 4.42. The normalized spacial score (nSPS) is 10.8. The predicted molar refractivity (Wildman–Crippen MR) is 77.9 cm³/mol. The maximum atomic E-state index is 10.6. The molecular weight excluding hydrogens is 276 g/mol. The summed E-state index contributed by atoms with van der Waals surface area (Å²) in [4.78, 5) is 18.8. The zero-order valence-electron chi connectivity index (χ0n) is 10.5. The fourth-order valence-electron chi connectivity index (χ4n) is 2.09. The number of halogens is 1. The monoisotopic (exact) mass is 286 g/mol. The van der Waals surface area contributed by atoms with E-state index in [4.69, 9.17) is 17.3 Å². The van der Waals surface area contributed by atoms with Gasteiger partial charge in [-0.1, -0.05) is 24.3 Å². The van der Waals surface area contributed by atoms with Crippen molar-refractivity contribution < 1.29 is 4.79 Å². The van der Waals surface area contributed by atoms with Gasteiger partial charge >= 0.3 is 0 Å². The van der Waals surface area contributed by atoms with E-state index in [0.29, 0.717) is 23.6 Å². The van der Waals surface area contributed by atoms with Crippen LogP contribution in [0, 0.1) is 0 Å². The Morgan fingerprint density at radius 1 is 1.20 bits per heavy atom. The molecule has 1 aromatic carbocycles. The lowest BCUT2D eigenvalue weighted by molar-refractivity contribution is 0.112. The van der Waals surface area contributed by atoms with Crippen molar-refractivity contribution in [2.24, 2.45) is 0 Å². The average molecular weight is 287 g/mol. The van der Waals surface area contributed by atoms with Crippen LogP contribution in [-0.4, -0.2) is 20.8 Å². The molecule has 0 bridgehead atoms. The van der Waals surface area contributed by atoms with Crippen molar-refractivity contribution in [1.82, 2.24) is 14.5 Å². The molecule has 100 valence electrons. The number of aromatic nitrogens is 3. The zero-order chi connectivity index (χ0) is 14.1. The summed E-state index contributed by atoms with van der Waals surface area (Å²) in [5.74, 6) is 0.370. The third-order valence-electron chi connectivity index (χ3n) is 3.09. The van der Waals surface area contributed by atoms with Crippen molar-refractivity contribution in [3.05, 3.63) is 52.9 Å². The number of hydrogen-bond donors (Lipinski definition) is 1. The van der Waals surface area contributed by atoms with E-state index in [2.05, 4.69) is 9.97 Å². The van der Waals surface area contributed by atoms with Crippen LogP contribution < -0.4 is 5.73 Å². The molecule has 0 amide bonds. The Hall–Kier alpha value is -2.40. The minimum atomic E-state index is 0.131. The Bertz CT molecular complexity index is 780. The first-order chi connectivity index (χ1) is 9.67. The first-order valence-electron chi connectivity index (χ1n) is 5.99. The van der Waals surface area contributed by atoms with E-state index in [1.54, 1.807) is 12.1 Å². The third kappa shape index (κ3) is 2.23. The van der Waals surface area contributed by atoms with Crippen LogP contribution in [0.2, 0.25) is 5.28 Å².